The second-order valence-electron chi connectivity index (χ2n) is 5.60. The average molecular weight is 290 g/mol. The first-order valence-corrected chi connectivity index (χ1v) is 7.09. The van der Waals surface area contributed by atoms with E-state index in [1.165, 1.54) is 0 Å². The van der Waals surface area contributed by atoms with Gasteiger partial charge in [-0.2, -0.15) is 0 Å². The first-order chi connectivity index (χ1) is 10.0. The third-order valence-corrected chi connectivity index (χ3v) is 4.06. The summed E-state index contributed by atoms with van der Waals surface area (Å²) in [7, 11) is 0. The van der Waals surface area contributed by atoms with E-state index in [1.807, 2.05) is 0 Å². The van der Waals surface area contributed by atoms with E-state index < -0.39 is 5.97 Å². The maximum atomic E-state index is 12.3. The number of amides is 2. The third-order valence-electron chi connectivity index (χ3n) is 4.06. The average Bonchev–Trinajstić information content (AvgIpc) is 2.77. The van der Waals surface area contributed by atoms with Crippen molar-refractivity contribution in [2.45, 2.75) is 32.0 Å². The Kier molecular flexibility index (Phi) is 3.55. The van der Waals surface area contributed by atoms with Crippen molar-refractivity contribution in [2.75, 3.05) is 18.4 Å². The number of nitrogens with one attached hydrogen (secondary N) is 1. The molecule has 2 atom stereocenters. The minimum atomic E-state index is -1.04. The zero-order valence-corrected chi connectivity index (χ0v) is 11.8. The molecular formula is C15H18N2O4. The number of hydrogen-bond donors (Lipinski definition) is 2. The predicted octanol–water partition coefficient (Wildman–Crippen LogP) is 2.09. The van der Waals surface area contributed by atoms with Crippen LogP contribution in [0.15, 0.2) is 18.2 Å². The summed E-state index contributed by atoms with van der Waals surface area (Å²) in [6, 6.07) is 4.81. The maximum Gasteiger partial charge on any atom is 0.338 e. The lowest BCUT2D eigenvalue weighted by Crippen LogP contribution is -2.47. The van der Waals surface area contributed by atoms with Gasteiger partial charge in [-0.05, 0) is 31.4 Å². The molecule has 2 unspecified atom stereocenters. The van der Waals surface area contributed by atoms with Crippen LogP contribution in [0.25, 0.3) is 0 Å². The molecule has 2 fully saturated rings. The van der Waals surface area contributed by atoms with Crippen LogP contribution in [0, 0.1) is 6.92 Å². The van der Waals surface area contributed by atoms with E-state index in [0.29, 0.717) is 24.3 Å². The van der Waals surface area contributed by atoms with Crippen molar-refractivity contribution >= 4 is 17.7 Å². The Bertz CT molecular complexity index is 575. The summed E-state index contributed by atoms with van der Waals surface area (Å²) in [5.41, 5.74) is 1.11. The van der Waals surface area contributed by atoms with Gasteiger partial charge in [0.15, 0.2) is 0 Å². The highest BCUT2D eigenvalue weighted by Gasteiger charge is 2.35. The molecule has 6 heteroatoms. The second kappa shape index (κ2) is 5.37. The molecule has 21 heavy (non-hydrogen) atoms. The normalized spacial score (nSPS) is 24.0. The van der Waals surface area contributed by atoms with Gasteiger partial charge in [0.2, 0.25) is 0 Å². The van der Waals surface area contributed by atoms with Crippen molar-refractivity contribution in [3.8, 4) is 0 Å². The van der Waals surface area contributed by atoms with E-state index in [0.717, 1.165) is 12.8 Å². The molecule has 0 aromatic heterocycles. The lowest BCUT2D eigenvalue weighted by Gasteiger charge is -2.32. The van der Waals surface area contributed by atoms with Crippen molar-refractivity contribution in [3.63, 3.8) is 0 Å². The Morgan fingerprint density at radius 1 is 1.29 bits per heavy atom. The molecule has 0 saturated carbocycles. The molecule has 2 N–H and O–H groups in total. The quantitative estimate of drug-likeness (QED) is 0.874. The van der Waals surface area contributed by atoms with Gasteiger partial charge in [-0.3, -0.25) is 0 Å². The highest BCUT2D eigenvalue weighted by Crippen LogP contribution is 2.27. The number of morpholine rings is 1. The first kappa shape index (κ1) is 13.9. The van der Waals surface area contributed by atoms with Crippen molar-refractivity contribution < 1.29 is 19.4 Å². The van der Waals surface area contributed by atoms with E-state index >= 15 is 0 Å². The first-order valence-electron chi connectivity index (χ1n) is 7.09. The number of ether oxygens (including phenoxy) is 1. The fourth-order valence-electron chi connectivity index (χ4n) is 3.03. The predicted molar refractivity (Wildman–Crippen MR) is 76.6 cm³/mol. The summed E-state index contributed by atoms with van der Waals surface area (Å²) in [6.07, 6.45) is 2.20. The molecule has 2 aliphatic rings. The van der Waals surface area contributed by atoms with Crippen LogP contribution in [0.2, 0.25) is 0 Å². The molecule has 0 spiro atoms. The highest BCUT2D eigenvalue weighted by atomic mass is 16.5. The van der Waals surface area contributed by atoms with E-state index in [1.54, 1.807) is 30.0 Å². The molecule has 2 aliphatic heterocycles. The van der Waals surface area contributed by atoms with Gasteiger partial charge < -0.3 is 20.1 Å². The summed E-state index contributed by atoms with van der Waals surface area (Å²) in [5, 5.41) is 12.0. The van der Waals surface area contributed by atoms with Gasteiger partial charge in [-0.25, -0.2) is 9.59 Å². The standard InChI is InChI=1S/C15H18N2O4/c1-9-3-2-4-12(13(9)14(18)19)16-15(20)17-7-10-5-6-11(8-17)21-10/h2-4,10-11H,5-8H2,1H3,(H,16,20)(H,18,19). The smallest absolute Gasteiger partial charge is 0.338 e. The van der Waals surface area contributed by atoms with Crippen LogP contribution < -0.4 is 5.32 Å². The molecule has 2 bridgehead atoms. The van der Waals surface area contributed by atoms with Gasteiger partial charge >= 0.3 is 12.0 Å². The number of carboxylic acids is 1. The molecule has 6 nitrogen and oxygen atoms in total. The number of urea groups is 1. The number of benzene rings is 1. The van der Waals surface area contributed by atoms with Crippen LogP contribution in [0.3, 0.4) is 0 Å². The number of likely N-dealkylation sites (tertiary alicyclic amines) is 1. The van der Waals surface area contributed by atoms with Gasteiger partial charge in [-0.15, -0.1) is 0 Å². The lowest BCUT2D eigenvalue weighted by atomic mass is 10.1. The number of aryl methyl sites for hydroxylation is 1. The molecular weight excluding hydrogens is 272 g/mol. The van der Waals surface area contributed by atoms with E-state index in [2.05, 4.69) is 5.32 Å². The molecule has 1 aromatic carbocycles. The molecule has 0 radical (unpaired) electrons. The second-order valence-corrected chi connectivity index (χ2v) is 5.60. The maximum absolute atomic E-state index is 12.3. The molecule has 0 aliphatic carbocycles. The summed E-state index contributed by atoms with van der Waals surface area (Å²) in [6.45, 7) is 2.85. The van der Waals surface area contributed by atoms with Crippen molar-refractivity contribution in [1.29, 1.82) is 0 Å². The lowest BCUT2D eigenvalue weighted by molar-refractivity contribution is -0.0219. The topological polar surface area (TPSA) is 78.9 Å². The Morgan fingerprint density at radius 2 is 1.95 bits per heavy atom. The fourth-order valence-corrected chi connectivity index (χ4v) is 3.03. The van der Waals surface area contributed by atoms with E-state index in [-0.39, 0.29) is 23.8 Å². The van der Waals surface area contributed by atoms with Gasteiger partial charge in [0.1, 0.15) is 0 Å². The number of rotatable bonds is 2. The number of carbonyl (C=O) groups excluding carboxylic acids is 1. The number of anilines is 1. The van der Waals surface area contributed by atoms with Gasteiger partial charge in [0.25, 0.3) is 0 Å². The largest absolute Gasteiger partial charge is 0.478 e. The van der Waals surface area contributed by atoms with E-state index in [4.69, 9.17) is 4.74 Å². The zero-order valence-electron chi connectivity index (χ0n) is 11.8. The zero-order chi connectivity index (χ0) is 15.0. The number of hydrogen-bond acceptors (Lipinski definition) is 3. The van der Waals surface area contributed by atoms with Crippen molar-refractivity contribution in [2.24, 2.45) is 0 Å². The Balaban J connectivity index is 1.76. The number of carboxylic acid groups (broad SMARTS) is 1. The monoisotopic (exact) mass is 290 g/mol. The molecule has 2 saturated heterocycles. The van der Waals surface area contributed by atoms with Gasteiger partial charge in [0.05, 0.1) is 23.5 Å². The fraction of sp³-hybridized carbons (Fsp3) is 0.467. The Labute approximate surface area is 122 Å². The van der Waals surface area contributed by atoms with Crippen molar-refractivity contribution in [1.82, 2.24) is 4.90 Å². The van der Waals surface area contributed by atoms with Crippen LogP contribution in [0.5, 0.6) is 0 Å². The summed E-state index contributed by atoms with van der Waals surface area (Å²) >= 11 is 0. The molecule has 2 amide bonds. The highest BCUT2D eigenvalue weighted by molar-refractivity contribution is 6.01. The summed E-state index contributed by atoms with van der Waals surface area (Å²) in [4.78, 5) is 25.4. The SMILES string of the molecule is Cc1cccc(NC(=O)N2CC3CCC(C2)O3)c1C(=O)O. The molecule has 1 aromatic rings. The Hall–Kier alpha value is -2.08. The molecule has 3 rings (SSSR count). The Morgan fingerprint density at radius 3 is 2.57 bits per heavy atom. The minimum absolute atomic E-state index is 0.117. The summed E-state index contributed by atoms with van der Waals surface area (Å²) < 4.78 is 5.69. The molecule has 112 valence electrons. The van der Waals surface area contributed by atoms with Crippen LogP contribution in [-0.4, -0.2) is 47.3 Å². The van der Waals surface area contributed by atoms with Gasteiger partial charge in [-0.1, -0.05) is 12.1 Å². The third kappa shape index (κ3) is 2.71. The van der Waals surface area contributed by atoms with Crippen LogP contribution in [0.4, 0.5) is 10.5 Å². The van der Waals surface area contributed by atoms with E-state index in [9.17, 15) is 14.7 Å². The number of aromatic carboxylic acids is 1. The van der Waals surface area contributed by atoms with Crippen molar-refractivity contribution in [3.05, 3.63) is 29.3 Å². The van der Waals surface area contributed by atoms with Crippen LogP contribution in [0.1, 0.15) is 28.8 Å². The van der Waals surface area contributed by atoms with Crippen LogP contribution >= 0.6 is 0 Å². The number of carbonyl (C=O) groups is 2. The number of fused-ring (bicyclic) bond motifs is 2. The van der Waals surface area contributed by atoms with Gasteiger partial charge in [0, 0.05) is 13.1 Å². The summed E-state index contributed by atoms with van der Waals surface area (Å²) in [5.74, 6) is -1.04. The number of nitrogens with zero attached hydrogens (tertiary/aromatic N) is 1. The van der Waals surface area contributed by atoms with Crippen LogP contribution in [-0.2, 0) is 4.74 Å². The minimum Gasteiger partial charge on any atom is -0.478 e. The molecule has 2 heterocycles.